The maximum absolute atomic E-state index is 11.0. The van der Waals surface area contributed by atoms with Crippen LogP contribution in [-0.4, -0.2) is 53.1 Å². The van der Waals surface area contributed by atoms with Gasteiger partial charge >= 0.3 is 11.9 Å². The molecule has 0 aromatic carbocycles. The summed E-state index contributed by atoms with van der Waals surface area (Å²) >= 11 is 1.15. The largest absolute Gasteiger partial charge is 0.476 e. The van der Waals surface area contributed by atoms with E-state index in [2.05, 4.69) is 20.0 Å². The Hall–Kier alpha value is -2.29. The summed E-state index contributed by atoms with van der Waals surface area (Å²) in [4.78, 5) is 35.6. The Labute approximate surface area is 113 Å². The third-order valence-corrected chi connectivity index (χ3v) is 2.35. The van der Waals surface area contributed by atoms with Crippen molar-refractivity contribution in [1.29, 1.82) is 0 Å². The molecule has 9 heteroatoms. The van der Waals surface area contributed by atoms with E-state index in [4.69, 9.17) is 5.11 Å². The zero-order valence-electron chi connectivity index (χ0n) is 10.5. The van der Waals surface area contributed by atoms with Crippen LogP contribution in [0, 0.1) is 0 Å². The number of thiazole rings is 1. The number of aliphatic carboxylic acids is 1. The van der Waals surface area contributed by atoms with E-state index < -0.39 is 17.7 Å². The zero-order chi connectivity index (χ0) is 14.4. The van der Waals surface area contributed by atoms with E-state index in [0.29, 0.717) is 5.13 Å². The number of carboxylic acid groups (broad SMARTS) is 1. The van der Waals surface area contributed by atoms with Crippen LogP contribution in [0.2, 0.25) is 0 Å². The molecule has 0 fully saturated rings. The van der Waals surface area contributed by atoms with Gasteiger partial charge in [-0.15, -0.1) is 11.3 Å². The Morgan fingerprint density at radius 1 is 1.53 bits per heavy atom. The number of carbonyl (C=O) groups is 2. The summed E-state index contributed by atoms with van der Waals surface area (Å²) in [6, 6.07) is 0. The van der Waals surface area contributed by atoms with Crippen molar-refractivity contribution in [2.75, 3.05) is 14.1 Å². The lowest BCUT2D eigenvalue weighted by atomic mass is 10.3. The van der Waals surface area contributed by atoms with Crippen LogP contribution in [0.5, 0.6) is 0 Å². The highest BCUT2D eigenvalue weighted by atomic mass is 32.1. The monoisotopic (exact) mass is 284 g/mol. The highest BCUT2D eigenvalue weighted by molar-refractivity contribution is 7.13. The molecule has 1 heterocycles. The van der Waals surface area contributed by atoms with E-state index in [1.54, 1.807) is 19.0 Å². The molecule has 1 aromatic rings. The number of oxime groups is 1. The van der Waals surface area contributed by atoms with Gasteiger partial charge in [-0.3, -0.25) is 0 Å². The minimum absolute atomic E-state index is 0.0876. The van der Waals surface area contributed by atoms with Gasteiger partial charge in [0.05, 0.1) is 6.34 Å². The quantitative estimate of drug-likeness (QED) is 0.369. The standard InChI is InChI=1S/C10H12N4O4S/c1-6(15)18-13-8(9(16)17)7-4-19-10(12-7)11-5-14(2)3/h4-5H,1-3H3,(H,16,17)/b11-5+,13-8-. The molecule has 0 aliphatic rings. The van der Waals surface area contributed by atoms with Crippen molar-refractivity contribution < 1.29 is 19.5 Å². The van der Waals surface area contributed by atoms with Crippen molar-refractivity contribution >= 4 is 40.5 Å². The molecular formula is C10H12N4O4S. The fourth-order valence-corrected chi connectivity index (χ4v) is 1.54. The van der Waals surface area contributed by atoms with Crippen LogP contribution in [0.1, 0.15) is 12.6 Å². The van der Waals surface area contributed by atoms with Crippen LogP contribution in [0.25, 0.3) is 0 Å². The Balaban J connectivity index is 2.96. The maximum atomic E-state index is 11.0. The molecule has 0 saturated carbocycles. The lowest BCUT2D eigenvalue weighted by molar-refractivity contribution is -0.141. The summed E-state index contributed by atoms with van der Waals surface area (Å²) < 4.78 is 0. The number of aliphatic imine (C=N–C) groups is 1. The van der Waals surface area contributed by atoms with E-state index in [9.17, 15) is 9.59 Å². The second-order valence-electron chi connectivity index (χ2n) is 3.55. The summed E-state index contributed by atoms with van der Waals surface area (Å²) in [5, 5.41) is 14.1. The second kappa shape index (κ2) is 6.59. The van der Waals surface area contributed by atoms with Gasteiger partial charge in [0.2, 0.25) is 10.8 Å². The van der Waals surface area contributed by atoms with Gasteiger partial charge in [0, 0.05) is 26.4 Å². The molecule has 0 amide bonds. The molecule has 102 valence electrons. The first-order valence-electron chi connectivity index (χ1n) is 5.05. The topological polar surface area (TPSA) is 104 Å². The van der Waals surface area contributed by atoms with Crippen molar-refractivity contribution in [3.8, 4) is 0 Å². The van der Waals surface area contributed by atoms with E-state index in [0.717, 1.165) is 18.3 Å². The SMILES string of the molecule is CC(=O)O/N=C(\C(=O)O)c1csc(/N=C/N(C)C)n1. The molecule has 0 saturated heterocycles. The molecule has 0 atom stereocenters. The van der Waals surface area contributed by atoms with Crippen molar-refractivity contribution in [3.05, 3.63) is 11.1 Å². The van der Waals surface area contributed by atoms with Gasteiger partial charge in [-0.1, -0.05) is 5.16 Å². The predicted octanol–water partition coefficient (Wildman–Crippen LogP) is 0.716. The summed E-state index contributed by atoms with van der Waals surface area (Å²) in [5.74, 6) is -2.05. The third kappa shape index (κ3) is 4.84. The third-order valence-electron chi connectivity index (χ3n) is 1.60. The molecule has 1 rings (SSSR count). The van der Waals surface area contributed by atoms with Gasteiger partial charge in [0.15, 0.2) is 0 Å². The fraction of sp³-hybridized carbons (Fsp3) is 0.300. The first-order chi connectivity index (χ1) is 8.90. The number of hydrogen-bond donors (Lipinski definition) is 1. The molecule has 0 aliphatic carbocycles. The Bertz CT molecular complexity index is 535. The molecule has 0 unspecified atom stereocenters. The molecule has 0 radical (unpaired) electrons. The van der Waals surface area contributed by atoms with Crippen molar-refractivity contribution in [3.63, 3.8) is 0 Å². The summed E-state index contributed by atoms with van der Waals surface area (Å²) in [6.07, 6.45) is 1.53. The first kappa shape index (κ1) is 14.8. The normalized spacial score (nSPS) is 11.6. The minimum Gasteiger partial charge on any atom is -0.476 e. The smallest absolute Gasteiger partial charge is 0.360 e. The molecule has 1 N–H and O–H groups in total. The fourth-order valence-electron chi connectivity index (χ4n) is 0.902. The summed E-state index contributed by atoms with van der Waals surface area (Å²) in [6.45, 7) is 1.12. The minimum atomic E-state index is -1.34. The zero-order valence-corrected chi connectivity index (χ0v) is 11.3. The van der Waals surface area contributed by atoms with Gasteiger partial charge in [0.25, 0.3) is 0 Å². The average Bonchev–Trinajstić information content (AvgIpc) is 2.74. The molecule has 8 nitrogen and oxygen atoms in total. The van der Waals surface area contributed by atoms with Crippen LogP contribution in [0.3, 0.4) is 0 Å². The molecular weight excluding hydrogens is 272 g/mol. The number of carbonyl (C=O) groups excluding carboxylic acids is 1. The van der Waals surface area contributed by atoms with Gasteiger partial charge in [0.1, 0.15) is 5.69 Å². The van der Waals surface area contributed by atoms with Crippen molar-refractivity contribution in [1.82, 2.24) is 9.88 Å². The van der Waals surface area contributed by atoms with E-state index in [1.807, 2.05) is 0 Å². The number of hydrogen-bond acceptors (Lipinski definition) is 7. The number of aromatic nitrogens is 1. The summed E-state index contributed by atoms with van der Waals surface area (Å²) in [7, 11) is 3.59. The second-order valence-corrected chi connectivity index (χ2v) is 4.39. The van der Waals surface area contributed by atoms with Gasteiger partial charge in [-0.25, -0.2) is 19.6 Å². The van der Waals surface area contributed by atoms with Crippen LogP contribution < -0.4 is 0 Å². The molecule has 0 aliphatic heterocycles. The first-order valence-corrected chi connectivity index (χ1v) is 5.93. The Kier molecular flexibility index (Phi) is 5.12. The van der Waals surface area contributed by atoms with Crippen LogP contribution >= 0.6 is 11.3 Å². The maximum Gasteiger partial charge on any atom is 0.360 e. The Morgan fingerprint density at radius 2 is 2.21 bits per heavy atom. The predicted molar refractivity (Wildman–Crippen MR) is 69.9 cm³/mol. The highest BCUT2D eigenvalue weighted by Crippen LogP contribution is 2.19. The van der Waals surface area contributed by atoms with Gasteiger partial charge in [-0.05, 0) is 0 Å². The van der Waals surface area contributed by atoms with E-state index in [1.165, 1.54) is 11.7 Å². The molecule has 19 heavy (non-hydrogen) atoms. The molecule has 1 aromatic heterocycles. The summed E-state index contributed by atoms with van der Waals surface area (Å²) in [5.41, 5.74) is -0.359. The number of rotatable bonds is 5. The van der Waals surface area contributed by atoms with Crippen molar-refractivity contribution in [2.24, 2.45) is 10.1 Å². The lowest BCUT2D eigenvalue weighted by Crippen LogP contribution is -2.16. The van der Waals surface area contributed by atoms with Crippen LogP contribution in [0.4, 0.5) is 5.13 Å². The highest BCUT2D eigenvalue weighted by Gasteiger charge is 2.17. The number of nitrogens with zero attached hydrogens (tertiary/aromatic N) is 4. The van der Waals surface area contributed by atoms with Crippen LogP contribution in [0.15, 0.2) is 15.5 Å². The van der Waals surface area contributed by atoms with Crippen LogP contribution in [-0.2, 0) is 14.4 Å². The Morgan fingerprint density at radius 3 is 2.74 bits per heavy atom. The molecule has 0 spiro atoms. The average molecular weight is 284 g/mol. The van der Waals surface area contributed by atoms with Gasteiger partial charge < -0.3 is 14.8 Å². The number of carboxylic acids is 1. The molecule has 0 bridgehead atoms. The van der Waals surface area contributed by atoms with E-state index >= 15 is 0 Å². The lowest BCUT2D eigenvalue weighted by Gasteiger charge is -1.99. The van der Waals surface area contributed by atoms with E-state index in [-0.39, 0.29) is 5.69 Å². The van der Waals surface area contributed by atoms with Gasteiger partial charge in [-0.2, -0.15) is 0 Å². The van der Waals surface area contributed by atoms with Crippen molar-refractivity contribution in [2.45, 2.75) is 6.92 Å².